The van der Waals surface area contributed by atoms with Crippen LogP contribution in [0.4, 0.5) is 0 Å². The highest BCUT2D eigenvalue weighted by molar-refractivity contribution is 5.78. The van der Waals surface area contributed by atoms with Gasteiger partial charge in [0.1, 0.15) is 6.61 Å². The molecule has 4 nitrogen and oxygen atoms in total. The molecule has 1 saturated heterocycles. The molecule has 0 radical (unpaired) electrons. The van der Waals surface area contributed by atoms with Crippen molar-refractivity contribution in [1.29, 1.82) is 0 Å². The highest BCUT2D eigenvalue weighted by Gasteiger charge is 2.38. The molecular weight excluding hydrogens is 304 g/mol. The fraction of sp³-hybridized carbons (Fsp3) is 0.550. The summed E-state index contributed by atoms with van der Waals surface area (Å²) in [5.41, 5.74) is 2.00. The lowest BCUT2D eigenvalue weighted by Crippen LogP contribution is -2.36. The van der Waals surface area contributed by atoms with E-state index >= 15 is 0 Å². The molecule has 24 heavy (non-hydrogen) atoms. The highest BCUT2D eigenvalue weighted by Crippen LogP contribution is 2.39. The van der Waals surface area contributed by atoms with Gasteiger partial charge in [0.25, 0.3) is 0 Å². The predicted octanol–water partition coefficient (Wildman–Crippen LogP) is 3.08. The molecule has 1 fully saturated rings. The van der Waals surface area contributed by atoms with E-state index in [-0.39, 0.29) is 18.5 Å². The first-order valence-corrected chi connectivity index (χ1v) is 8.47. The largest absolute Gasteiger partial charge is 0.461 e. The molecule has 1 heterocycles. The number of rotatable bonds is 2. The van der Waals surface area contributed by atoms with Crippen molar-refractivity contribution in [3.63, 3.8) is 0 Å². The molecule has 1 aliphatic carbocycles. The minimum absolute atomic E-state index is 0.0267. The van der Waals surface area contributed by atoms with Gasteiger partial charge in [0.15, 0.2) is 0 Å². The van der Waals surface area contributed by atoms with Crippen LogP contribution in [0.3, 0.4) is 0 Å². The SMILES string of the molecule is C=C1C[C@H](O)/C=C(\C)CC[C@@H]2/C(=C\C=C\C(C)(C)O)COC(=O)[C@@H]12. The smallest absolute Gasteiger partial charge is 0.314 e. The first kappa shape index (κ1) is 18.7. The van der Waals surface area contributed by atoms with Crippen molar-refractivity contribution in [2.24, 2.45) is 11.8 Å². The fourth-order valence-corrected chi connectivity index (χ4v) is 3.36. The van der Waals surface area contributed by atoms with Crippen LogP contribution >= 0.6 is 0 Å². The van der Waals surface area contributed by atoms with Crippen molar-refractivity contribution in [3.05, 3.63) is 47.6 Å². The lowest BCUT2D eigenvalue weighted by Gasteiger charge is -2.33. The van der Waals surface area contributed by atoms with E-state index in [1.165, 1.54) is 0 Å². The van der Waals surface area contributed by atoms with Crippen LogP contribution in [0.5, 0.6) is 0 Å². The van der Waals surface area contributed by atoms with Crippen LogP contribution in [-0.2, 0) is 9.53 Å². The third kappa shape index (κ3) is 4.92. The van der Waals surface area contributed by atoms with E-state index < -0.39 is 17.6 Å². The number of carbonyl (C=O) groups excluding carboxylic acids is 1. The van der Waals surface area contributed by atoms with Crippen LogP contribution in [0.25, 0.3) is 0 Å². The Hall–Kier alpha value is -1.65. The minimum atomic E-state index is -0.882. The Morgan fingerprint density at radius 2 is 2.12 bits per heavy atom. The van der Waals surface area contributed by atoms with Crippen molar-refractivity contribution >= 4 is 5.97 Å². The summed E-state index contributed by atoms with van der Waals surface area (Å²) in [6, 6.07) is 0. The van der Waals surface area contributed by atoms with Crippen LogP contribution in [0, 0.1) is 11.8 Å². The molecule has 0 spiro atoms. The zero-order chi connectivity index (χ0) is 17.9. The third-order valence-corrected chi connectivity index (χ3v) is 4.57. The number of hydrogen-bond acceptors (Lipinski definition) is 4. The van der Waals surface area contributed by atoms with Gasteiger partial charge in [0.05, 0.1) is 17.6 Å². The Balaban J connectivity index is 2.31. The summed E-state index contributed by atoms with van der Waals surface area (Å²) in [5.74, 6) is -0.631. The Kier molecular flexibility index (Phi) is 5.83. The zero-order valence-corrected chi connectivity index (χ0v) is 14.8. The average Bonchev–Trinajstić information content (AvgIpc) is 2.49. The zero-order valence-electron chi connectivity index (χ0n) is 14.8. The Labute approximate surface area is 144 Å². The summed E-state index contributed by atoms with van der Waals surface area (Å²) in [6.45, 7) is 9.75. The number of aliphatic hydroxyl groups excluding tert-OH is 1. The monoisotopic (exact) mass is 332 g/mol. The van der Waals surface area contributed by atoms with E-state index in [0.717, 1.165) is 29.6 Å². The van der Waals surface area contributed by atoms with E-state index in [2.05, 4.69) is 6.58 Å². The van der Waals surface area contributed by atoms with Gasteiger partial charge in [-0.15, -0.1) is 0 Å². The number of allylic oxidation sites excluding steroid dienone is 3. The number of esters is 1. The summed E-state index contributed by atoms with van der Waals surface area (Å²) in [4.78, 5) is 12.3. The van der Waals surface area contributed by atoms with Gasteiger partial charge in [0, 0.05) is 5.92 Å². The summed E-state index contributed by atoms with van der Waals surface area (Å²) in [6.07, 6.45) is 8.73. The maximum absolute atomic E-state index is 12.3. The van der Waals surface area contributed by atoms with Crippen LogP contribution in [0.2, 0.25) is 0 Å². The van der Waals surface area contributed by atoms with Crippen molar-refractivity contribution in [3.8, 4) is 0 Å². The maximum atomic E-state index is 12.3. The second kappa shape index (κ2) is 7.49. The molecule has 0 amide bonds. The molecule has 132 valence electrons. The first-order chi connectivity index (χ1) is 11.2. The van der Waals surface area contributed by atoms with Gasteiger partial charge in [-0.2, -0.15) is 0 Å². The number of cyclic esters (lactones) is 1. The second-order valence-electron chi connectivity index (χ2n) is 7.43. The standard InChI is InChI=1S/C20H28O4/c1-13-7-8-17-15(6-5-9-20(3,4)23)12-24-19(22)18(17)14(2)11-16(21)10-13/h5-6,9-10,16-18,21,23H,2,7-8,11-12H2,1,3-4H3/b9-5+,13-10+,15-6-/t16-,17-,18+/m1/s1. The summed E-state index contributed by atoms with van der Waals surface area (Å²) in [5, 5.41) is 19.9. The van der Waals surface area contributed by atoms with E-state index in [1.54, 1.807) is 19.9 Å². The van der Waals surface area contributed by atoms with Crippen molar-refractivity contribution < 1.29 is 19.7 Å². The van der Waals surface area contributed by atoms with Gasteiger partial charge in [0.2, 0.25) is 0 Å². The lowest BCUT2D eigenvalue weighted by atomic mass is 9.76. The molecule has 2 aliphatic rings. The second-order valence-corrected chi connectivity index (χ2v) is 7.43. The predicted molar refractivity (Wildman–Crippen MR) is 94.2 cm³/mol. The molecule has 0 aromatic rings. The highest BCUT2D eigenvalue weighted by atomic mass is 16.5. The van der Waals surface area contributed by atoms with Gasteiger partial charge < -0.3 is 14.9 Å². The number of carbonyl (C=O) groups is 1. The quantitative estimate of drug-likeness (QED) is 0.602. The molecule has 0 aromatic heterocycles. The van der Waals surface area contributed by atoms with Gasteiger partial charge in [-0.1, -0.05) is 42.0 Å². The number of fused-ring (bicyclic) bond motifs is 1. The minimum Gasteiger partial charge on any atom is -0.461 e. The molecule has 0 saturated carbocycles. The molecule has 2 N–H and O–H groups in total. The van der Waals surface area contributed by atoms with Crippen LogP contribution in [0.1, 0.15) is 40.0 Å². The van der Waals surface area contributed by atoms with Crippen molar-refractivity contribution in [2.75, 3.05) is 6.61 Å². The summed E-state index contributed by atoms with van der Waals surface area (Å²) in [7, 11) is 0. The molecular formula is C20H28O4. The molecule has 2 rings (SSSR count). The van der Waals surface area contributed by atoms with Gasteiger partial charge >= 0.3 is 5.97 Å². The normalized spacial score (nSPS) is 33.3. The third-order valence-electron chi connectivity index (χ3n) is 4.57. The number of ether oxygens (including phenoxy) is 1. The molecule has 1 aliphatic heterocycles. The molecule has 0 bridgehead atoms. The van der Waals surface area contributed by atoms with E-state index in [0.29, 0.717) is 6.42 Å². The molecule has 3 atom stereocenters. The number of aliphatic hydroxyl groups is 2. The molecule has 0 unspecified atom stereocenters. The van der Waals surface area contributed by atoms with Gasteiger partial charge in [-0.3, -0.25) is 4.79 Å². The Morgan fingerprint density at radius 3 is 2.79 bits per heavy atom. The van der Waals surface area contributed by atoms with E-state index in [1.807, 2.05) is 25.2 Å². The summed E-state index contributed by atoms with van der Waals surface area (Å²) < 4.78 is 5.35. The number of hydrogen-bond donors (Lipinski definition) is 2. The van der Waals surface area contributed by atoms with Crippen LogP contribution in [0.15, 0.2) is 47.6 Å². The fourth-order valence-electron chi connectivity index (χ4n) is 3.36. The van der Waals surface area contributed by atoms with Crippen molar-refractivity contribution in [2.45, 2.75) is 51.7 Å². The van der Waals surface area contributed by atoms with E-state index in [4.69, 9.17) is 4.74 Å². The molecule has 4 heteroatoms. The van der Waals surface area contributed by atoms with Crippen molar-refractivity contribution in [1.82, 2.24) is 0 Å². The van der Waals surface area contributed by atoms with Gasteiger partial charge in [-0.05, 0) is 45.6 Å². The maximum Gasteiger partial charge on any atom is 0.314 e. The Bertz CT molecular complexity index is 589. The first-order valence-electron chi connectivity index (χ1n) is 8.47. The van der Waals surface area contributed by atoms with E-state index in [9.17, 15) is 15.0 Å². The van der Waals surface area contributed by atoms with Crippen LogP contribution in [-0.4, -0.2) is 34.5 Å². The summed E-state index contributed by atoms with van der Waals surface area (Å²) >= 11 is 0. The van der Waals surface area contributed by atoms with Gasteiger partial charge in [-0.25, -0.2) is 0 Å². The molecule has 0 aromatic carbocycles. The topological polar surface area (TPSA) is 66.8 Å². The van der Waals surface area contributed by atoms with Crippen LogP contribution < -0.4 is 0 Å². The Morgan fingerprint density at radius 1 is 1.42 bits per heavy atom. The lowest BCUT2D eigenvalue weighted by molar-refractivity contribution is -0.151. The average molecular weight is 332 g/mol.